The average Bonchev–Trinajstić information content (AvgIpc) is 2.48. The van der Waals surface area contributed by atoms with Crippen molar-refractivity contribution in [3.8, 4) is 0 Å². The summed E-state index contributed by atoms with van der Waals surface area (Å²) in [4.78, 5) is 4.19. The molecular weight excluding hydrogens is 166 g/mol. The Balaban J connectivity index is 2.49. The lowest BCUT2D eigenvalue weighted by atomic mass is 10.2. The van der Waals surface area contributed by atoms with E-state index in [1.54, 1.807) is 0 Å². The highest BCUT2D eigenvalue weighted by Crippen LogP contribution is 2.12. The summed E-state index contributed by atoms with van der Waals surface area (Å²) < 4.78 is 5.00. The number of anilines is 1. The smallest absolute Gasteiger partial charge is 0.321 e. The first-order chi connectivity index (χ1) is 6.09. The fourth-order valence-electron chi connectivity index (χ4n) is 0.833. The van der Waals surface area contributed by atoms with E-state index in [1.165, 1.54) is 0 Å². The van der Waals surface area contributed by atoms with Crippen molar-refractivity contribution in [1.29, 1.82) is 0 Å². The van der Waals surface area contributed by atoms with Crippen LogP contribution in [-0.2, 0) is 0 Å². The second kappa shape index (κ2) is 4.25. The minimum absolute atomic E-state index is 0.318. The van der Waals surface area contributed by atoms with Gasteiger partial charge >= 0.3 is 6.01 Å². The first kappa shape index (κ1) is 10.0. The molecule has 0 unspecified atom stereocenters. The van der Waals surface area contributed by atoms with Gasteiger partial charge in [0.1, 0.15) is 0 Å². The summed E-state index contributed by atoms with van der Waals surface area (Å²) in [6, 6.07) is 0.525. The number of rotatable bonds is 4. The van der Waals surface area contributed by atoms with Gasteiger partial charge in [0.15, 0.2) is 5.82 Å². The molecule has 1 aromatic heterocycles. The first-order valence-corrected chi connectivity index (χ1v) is 4.67. The Labute approximate surface area is 78.7 Å². The van der Waals surface area contributed by atoms with Crippen molar-refractivity contribution in [3.63, 3.8) is 0 Å². The lowest BCUT2D eigenvalue weighted by molar-refractivity contribution is 0.417. The summed E-state index contributed by atoms with van der Waals surface area (Å²) in [6.45, 7) is 9.20. The maximum absolute atomic E-state index is 5.00. The molecule has 13 heavy (non-hydrogen) atoms. The van der Waals surface area contributed by atoms with Crippen molar-refractivity contribution in [2.45, 2.75) is 33.6 Å². The Morgan fingerprint density at radius 1 is 1.31 bits per heavy atom. The fraction of sp³-hybridized carbons (Fsp3) is 0.778. The predicted molar refractivity (Wildman–Crippen MR) is 51.7 cm³/mol. The predicted octanol–water partition coefficient (Wildman–Crippen LogP) is 2.26. The maximum atomic E-state index is 5.00. The van der Waals surface area contributed by atoms with Gasteiger partial charge in [0, 0.05) is 12.5 Å². The second-order valence-electron chi connectivity index (χ2n) is 3.89. The lowest BCUT2D eigenvalue weighted by Crippen LogP contribution is -2.08. The molecule has 4 nitrogen and oxygen atoms in total. The molecule has 1 rings (SSSR count). The lowest BCUT2D eigenvalue weighted by Gasteiger charge is -2.02. The van der Waals surface area contributed by atoms with Gasteiger partial charge in [0.25, 0.3) is 0 Å². The molecule has 74 valence electrons. The fourth-order valence-corrected chi connectivity index (χ4v) is 0.833. The van der Waals surface area contributed by atoms with Crippen LogP contribution >= 0.6 is 0 Å². The van der Waals surface area contributed by atoms with E-state index in [4.69, 9.17) is 4.52 Å². The van der Waals surface area contributed by atoms with Crippen LogP contribution in [0.25, 0.3) is 0 Å². The molecule has 4 heteroatoms. The first-order valence-electron chi connectivity index (χ1n) is 4.67. The zero-order chi connectivity index (χ0) is 9.84. The van der Waals surface area contributed by atoms with E-state index in [0.717, 1.165) is 12.4 Å². The van der Waals surface area contributed by atoms with Gasteiger partial charge in [-0.3, -0.25) is 0 Å². The third kappa shape index (κ3) is 3.05. The standard InChI is InChI=1S/C9H17N3O/c1-6(2)5-10-9-11-8(7(3)4)12-13-9/h6-7H,5H2,1-4H3,(H,10,11,12). The summed E-state index contributed by atoms with van der Waals surface area (Å²) in [7, 11) is 0. The molecule has 0 saturated carbocycles. The highest BCUT2D eigenvalue weighted by Gasteiger charge is 2.08. The molecule has 0 atom stereocenters. The van der Waals surface area contributed by atoms with Crippen molar-refractivity contribution in [1.82, 2.24) is 10.1 Å². The molecule has 0 aromatic carbocycles. The van der Waals surface area contributed by atoms with E-state index in [0.29, 0.717) is 17.9 Å². The van der Waals surface area contributed by atoms with E-state index in [-0.39, 0.29) is 0 Å². The molecular formula is C9H17N3O. The van der Waals surface area contributed by atoms with Crippen LogP contribution in [0.15, 0.2) is 4.52 Å². The highest BCUT2D eigenvalue weighted by atomic mass is 16.5. The Hall–Kier alpha value is -1.06. The van der Waals surface area contributed by atoms with Crippen molar-refractivity contribution in [3.05, 3.63) is 5.82 Å². The zero-order valence-corrected chi connectivity index (χ0v) is 8.66. The van der Waals surface area contributed by atoms with Crippen LogP contribution < -0.4 is 5.32 Å². The van der Waals surface area contributed by atoms with Crippen LogP contribution in [0.1, 0.15) is 39.4 Å². The zero-order valence-electron chi connectivity index (χ0n) is 8.66. The molecule has 0 amide bonds. The van der Waals surface area contributed by atoms with Gasteiger partial charge in [0.05, 0.1) is 0 Å². The van der Waals surface area contributed by atoms with E-state index in [2.05, 4.69) is 29.3 Å². The van der Waals surface area contributed by atoms with Crippen molar-refractivity contribution in [2.24, 2.45) is 5.92 Å². The quantitative estimate of drug-likeness (QED) is 0.777. The summed E-state index contributed by atoms with van der Waals surface area (Å²) in [5, 5.41) is 6.92. The molecule has 1 N–H and O–H groups in total. The van der Waals surface area contributed by atoms with Crippen LogP contribution in [0.2, 0.25) is 0 Å². The molecule has 0 bridgehead atoms. The topological polar surface area (TPSA) is 51.0 Å². The number of hydrogen-bond acceptors (Lipinski definition) is 4. The normalized spacial score (nSPS) is 11.2. The minimum Gasteiger partial charge on any atom is -0.338 e. The number of nitrogens with zero attached hydrogens (tertiary/aromatic N) is 2. The van der Waals surface area contributed by atoms with Gasteiger partial charge < -0.3 is 9.84 Å². The van der Waals surface area contributed by atoms with Crippen molar-refractivity contribution in [2.75, 3.05) is 11.9 Å². The molecule has 0 aliphatic heterocycles. The van der Waals surface area contributed by atoms with Crippen LogP contribution in [0.4, 0.5) is 6.01 Å². The Morgan fingerprint density at radius 3 is 2.46 bits per heavy atom. The van der Waals surface area contributed by atoms with E-state index < -0.39 is 0 Å². The summed E-state index contributed by atoms with van der Waals surface area (Å²) in [5.41, 5.74) is 0. The number of aromatic nitrogens is 2. The van der Waals surface area contributed by atoms with Gasteiger partial charge in [-0.05, 0) is 5.92 Å². The molecule has 0 aliphatic carbocycles. The Bertz CT molecular complexity index is 255. The minimum atomic E-state index is 0.318. The van der Waals surface area contributed by atoms with Gasteiger partial charge in [0.2, 0.25) is 0 Å². The highest BCUT2D eigenvalue weighted by molar-refractivity contribution is 5.18. The third-order valence-electron chi connectivity index (χ3n) is 1.62. The maximum Gasteiger partial charge on any atom is 0.321 e. The van der Waals surface area contributed by atoms with Crippen molar-refractivity contribution >= 4 is 6.01 Å². The molecule has 1 aromatic rings. The van der Waals surface area contributed by atoms with Gasteiger partial charge in [-0.2, -0.15) is 4.98 Å². The van der Waals surface area contributed by atoms with Crippen LogP contribution in [0, 0.1) is 5.92 Å². The Kier molecular flexibility index (Phi) is 3.28. The largest absolute Gasteiger partial charge is 0.338 e. The van der Waals surface area contributed by atoms with E-state index >= 15 is 0 Å². The van der Waals surface area contributed by atoms with Crippen LogP contribution in [0.3, 0.4) is 0 Å². The van der Waals surface area contributed by atoms with Gasteiger partial charge in [-0.25, -0.2) is 0 Å². The summed E-state index contributed by atoms with van der Waals surface area (Å²) in [5.74, 6) is 1.65. The molecule has 0 fully saturated rings. The van der Waals surface area contributed by atoms with E-state index in [9.17, 15) is 0 Å². The van der Waals surface area contributed by atoms with Crippen LogP contribution in [-0.4, -0.2) is 16.7 Å². The number of hydrogen-bond donors (Lipinski definition) is 1. The molecule has 0 saturated heterocycles. The molecule has 0 radical (unpaired) electrons. The summed E-state index contributed by atoms with van der Waals surface area (Å²) in [6.07, 6.45) is 0. The van der Waals surface area contributed by atoms with E-state index in [1.807, 2.05) is 13.8 Å². The monoisotopic (exact) mass is 183 g/mol. The molecule has 0 spiro atoms. The van der Waals surface area contributed by atoms with Gasteiger partial charge in [-0.15, -0.1) is 0 Å². The van der Waals surface area contributed by atoms with Crippen molar-refractivity contribution < 1.29 is 4.52 Å². The average molecular weight is 183 g/mol. The van der Waals surface area contributed by atoms with Gasteiger partial charge in [-0.1, -0.05) is 32.9 Å². The molecule has 0 aliphatic rings. The van der Waals surface area contributed by atoms with Crippen LogP contribution in [0.5, 0.6) is 0 Å². The number of nitrogens with one attached hydrogen (secondary N) is 1. The second-order valence-corrected chi connectivity index (χ2v) is 3.89. The summed E-state index contributed by atoms with van der Waals surface area (Å²) >= 11 is 0. The Morgan fingerprint density at radius 2 is 2.00 bits per heavy atom. The molecule has 1 heterocycles. The third-order valence-corrected chi connectivity index (χ3v) is 1.62. The SMILES string of the molecule is CC(C)CNc1nc(C(C)C)no1.